The van der Waals surface area contributed by atoms with Gasteiger partial charge in [-0.05, 0) is 25.5 Å². The third kappa shape index (κ3) is 3.13. The zero-order valence-electron chi connectivity index (χ0n) is 8.44. The maximum Gasteiger partial charge on any atom is 0.130 e. The second-order valence-electron chi connectivity index (χ2n) is 3.38. The fourth-order valence-electron chi connectivity index (χ4n) is 1.47. The minimum Gasteiger partial charge on any atom is -0.300 e. The van der Waals surface area contributed by atoms with Gasteiger partial charge in [0.05, 0.1) is 0 Å². The fraction of sp³-hybridized carbons (Fsp3) is 0.333. The van der Waals surface area contributed by atoms with Crippen LogP contribution >= 0.6 is 0 Å². The first-order valence-corrected chi connectivity index (χ1v) is 4.75. The number of pyridine rings is 1. The number of hydrogen-bond donors (Lipinski definition) is 0. The molecule has 1 aromatic heterocycles. The van der Waals surface area contributed by atoms with E-state index in [1.165, 1.54) is 0 Å². The molecule has 1 heterocycles. The lowest BCUT2D eigenvalue weighted by atomic mass is 9.95. The van der Waals surface area contributed by atoms with Crippen LogP contribution in [0.2, 0.25) is 0 Å². The molecular weight excluding hydrogens is 174 g/mol. The highest BCUT2D eigenvalue weighted by atomic mass is 16.1. The van der Waals surface area contributed by atoms with E-state index < -0.39 is 0 Å². The third-order valence-corrected chi connectivity index (χ3v) is 2.09. The van der Waals surface area contributed by atoms with Crippen LogP contribution < -0.4 is 0 Å². The first-order valence-electron chi connectivity index (χ1n) is 4.75. The topological polar surface area (TPSA) is 30.0 Å². The third-order valence-electron chi connectivity index (χ3n) is 2.09. The van der Waals surface area contributed by atoms with Gasteiger partial charge in [-0.25, -0.2) is 0 Å². The van der Waals surface area contributed by atoms with E-state index in [-0.39, 0.29) is 11.7 Å². The van der Waals surface area contributed by atoms with Crippen LogP contribution in [0.4, 0.5) is 0 Å². The van der Waals surface area contributed by atoms with Crippen molar-refractivity contribution in [2.45, 2.75) is 25.7 Å². The first-order chi connectivity index (χ1) is 6.74. The zero-order chi connectivity index (χ0) is 10.4. The smallest absolute Gasteiger partial charge is 0.130 e. The van der Waals surface area contributed by atoms with Crippen molar-refractivity contribution in [2.24, 2.45) is 0 Å². The molecule has 0 aliphatic carbocycles. The summed E-state index contributed by atoms with van der Waals surface area (Å²) in [4.78, 5) is 15.3. The number of allylic oxidation sites excluding steroid dienone is 1. The van der Waals surface area contributed by atoms with Gasteiger partial charge in [-0.2, -0.15) is 0 Å². The summed E-state index contributed by atoms with van der Waals surface area (Å²) in [6.45, 7) is 5.30. The van der Waals surface area contributed by atoms with Crippen LogP contribution in [0.5, 0.6) is 0 Å². The lowest BCUT2D eigenvalue weighted by molar-refractivity contribution is -0.117. The molecule has 0 amide bonds. The Hall–Kier alpha value is -1.44. The quantitative estimate of drug-likeness (QED) is 0.666. The average Bonchev–Trinajstić information content (AvgIpc) is 2.18. The number of aromatic nitrogens is 1. The van der Waals surface area contributed by atoms with Crippen LogP contribution in [0.3, 0.4) is 0 Å². The number of hydrogen-bond acceptors (Lipinski definition) is 2. The van der Waals surface area contributed by atoms with Gasteiger partial charge in [-0.15, -0.1) is 6.58 Å². The standard InChI is InChI=1S/C12H15NO/c1-3-6-11(9-10(2)14)12-7-4-5-8-13-12/h3-5,7-8,11H,1,6,9H2,2H3. The summed E-state index contributed by atoms with van der Waals surface area (Å²) < 4.78 is 0. The Morgan fingerprint density at radius 2 is 2.43 bits per heavy atom. The molecule has 0 aliphatic rings. The molecule has 1 unspecified atom stereocenters. The Kier molecular flexibility index (Phi) is 4.05. The van der Waals surface area contributed by atoms with E-state index in [0.717, 1.165) is 12.1 Å². The predicted molar refractivity (Wildman–Crippen MR) is 57.1 cm³/mol. The Labute approximate surface area is 84.7 Å². The van der Waals surface area contributed by atoms with Crippen LogP contribution in [0, 0.1) is 0 Å². The van der Waals surface area contributed by atoms with Gasteiger partial charge >= 0.3 is 0 Å². The molecule has 1 atom stereocenters. The van der Waals surface area contributed by atoms with Crippen molar-refractivity contribution < 1.29 is 4.79 Å². The number of nitrogens with zero attached hydrogens (tertiary/aromatic N) is 1. The van der Waals surface area contributed by atoms with Crippen molar-refractivity contribution in [1.82, 2.24) is 4.98 Å². The monoisotopic (exact) mass is 189 g/mol. The summed E-state index contributed by atoms with van der Waals surface area (Å²) in [5.74, 6) is 0.383. The van der Waals surface area contributed by atoms with Gasteiger partial charge in [0, 0.05) is 24.2 Å². The van der Waals surface area contributed by atoms with Gasteiger partial charge in [-0.1, -0.05) is 12.1 Å². The van der Waals surface area contributed by atoms with Crippen molar-refractivity contribution in [1.29, 1.82) is 0 Å². The van der Waals surface area contributed by atoms with E-state index >= 15 is 0 Å². The van der Waals surface area contributed by atoms with Gasteiger partial charge in [-0.3, -0.25) is 4.98 Å². The molecule has 0 saturated heterocycles. The summed E-state index contributed by atoms with van der Waals surface area (Å²) in [6, 6.07) is 5.78. The number of rotatable bonds is 5. The zero-order valence-corrected chi connectivity index (χ0v) is 8.44. The average molecular weight is 189 g/mol. The molecule has 14 heavy (non-hydrogen) atoms. The molecule has 74 valence electrons. The highest BCUT2D eigenvalue weighted by molar-refractivity contribution is 5.76. The van der Waals surface area contributed by atoms with Gasteiger partial charge < -0.3 is 4.79 Å². The fourth-order valence-corrected chi connectivity index (χ4v) is 1.47. The molecule has 0 fully saturated rings. The summed E-state index contributed by atoms with van der Waals surface area (Å²) in [5.41, 5.74) is 0.975. The van der Waals surface area contributed by atoms with Gasteiger partial charge in [0.1, 0.15) is 5.78 Å². The molecule has 0 N–H and O–H groups in total. The minimum atomic E-state index is 0.186. The Bertz CT molecular complexity index is 305. The molecule has 1 rings (SSSR count). The molecule has 1 aromatic rings. The molecule has 0 radical (unpaired) electrons. The van der Waals surface area contributed by atoms with Gasteiger partial charge in [0.25, 0.3) is 0 Å². The van der Waals surface area contributed by atoms with E-state index in [2.05, 4.69) is 11.6 Å². The van der Waals surface area contributed by atoms with E-state index in [1.807, 2.05) is 24.3 Å². The molecule has 0 saturated carbocycles. The van der Waals surface area contributed by atoms with Gasteiger partial charge in [0.15, 0.2) is 0 Å². The molecule has 2 nitrogen and oxygen atoms in total. The highest BCUT2D eigenvalue weighted by Gasteiger charge is 2.12. The minimum absolute atomic E-state index is 0.186. The predicted octanol–water partition coefficient (Wildman–Crippen LogP) is 2.72. The molecule has 0 bridgehead atoms. The molecule has 2 heteroatoms. The van der Waals surface area contributed by atoms with Crippen molar-refractivity contribution in [3.05, 3.63) is 42.7 Å². The van der Waals surface area contributed by atoms with Crippen LogP contribution in [0.1, 0.15) is 31.4 Å². The van der Waals surface area contributed by atoms with Crippen LogP contribution in [0.15, 0.2) is 37.1 Å². The van der Waals surface area contributed by atoms with Gasteiger partial charge in [0.2, 0.25) is 0 Å². The molecule has 0 spiro atoms. The SMILES string of the molecule is C=CCC(CC(C)=O)c1ccccn1. The van der Waals surface area contributed by atoms with Crippen LogP contribution in [0.25, 0.3) is 0 Å². The van der Waals surface area contributed by atoms with E-state index in [1.54, 1.807) is 13.1 Å². The van der Waals surface area contributed by atoms with Crippen LogP contribution in [-0.4, -0.2) is 10.8 Å². The highest BCUT2D eigenvalue weighted by Crippen LogP contribution is 2.21. The van der Waals surface area contributed by atoms with E-state index in [0.29, 0.717) is 6.42 Å². The first kappa shape index (κ1) is 10.6. The summed E-state index contributed by atoms with van der Waals surface area (Å²) in [7, 11) is 0. The second-order valence-corrected chi connectivity index (χ2v) is 3.38. The van der Waals surface area contributed by atoms with Crippen molar-refractivity contribution in [2.75, 3.05) is 0 Å². The summed E-state index contributed by atoms with van der Waals surface area (Å²) in [6.07, 6.45) is 4.94. The Morgan fingerprint density at radius 1 is 1.64 bits per heavy atom. The molecular formula is C12H15NO. The Balaban J connectivity index is 2.77. The second kappa shape index (κ2) is 5.32. The Morgan fingerprint density at radius 3 is 2.93 bits per heavy atom. The van der Waals surface area contributed by atoms with E-state index in [4.69, 9.17) is 0 Å². The number of ketones is 1. The molecule has 0 aliphatic heterocycles. The number of carbonyl (C=O) groups excluding carboxylic acids is 1. The number of carbonyl (C=O) groups is 1. The van der Waals surface area contributed by atoms with Crippen LogP contribution in [-0.2, 0) is 4.79 Å². The summed E-state index contributed by atoms with van der Waals surface area (Å²) >= 11 is 0. The van der Waals surface area contributed by atoms with Crippen molar-refractivity contribution in [3.63, 3.8) is 0 Å². The normalized spacial score (nSPS) is 12.1. The van der Waals surface area contributed by atoms with Crippen molar-refractivity contribution in [3.8, 4) is 0 Å². The summed E-state index contributed by atoms with van der Waals surface area (Å²) in [5, 5.41) is 0. The van der Waals surface area contributed by atoms with E-state index in [9.17, 15) is 4.79 Å². The van der Waals surface area contributed by atoms with Crippen molar-refractivity contribution >= 4 is 5.78 Å². The lowest BCUT2D eigenvalue weighted by Gasteiger charge is -2.11. The largest absolute Gasteiger partial charge is 0.300 e. The lowest BCUT2D eigenvalue weighted by Crippen LogP contribution is -2.05. The maximum absolute atomic E-state index is 11.0. The number of Topliss-reactive ketones (excluding diaryl/α,β-unsaturated/α-hetero) is 1. The molecule has 0 aromatic carbocycles. The maximum atomic E-state index is 11.0.